The van der Waals surface area contributed by atoms with E-state index in [9.17, 15) is 14.4 Å². The third-order valence-electron chi connectivity index (χ3n) is 3.91. The van der Waals surface area contributed by atoms with E-state index in [1.807, 2.05) is 6.07 Å². The van der Waals surface area contributed by atoms with Crippen molar-refractivity contribution < 1.29 is 14.4 Å². The summed E-state index contributed by atoms with van der Waals surface area (Å²) in [6.45, 7) is 3.37. The molecule has 1 fully saturated rings. The third-order valence-corrected chi connectivity index (χ3v) is 3.91. The SMILES string of the molecule is C[C@@H]1C(=O)N(CC(=O)NCc2cccc(C#N)c2)C(=O)[C@H]1C. The first-order valence-corrected chi connectivity index (χ1v) is 7.05. The molecule has 0 radical (unpaired) electrons. The number of benzene rings is 1. The number of nitrogens with one attached hydrogen (secondary N) is 1. The zero-order valence-corrected chi connectivity index (χ0v) is 12.5. The van der Waals surface area contributed by atoms with Crippen LogP contribution in [0.3, 0.4) is 0 Å². The van der Waals surface area contributed by atoms with Gasteiger partial charge in [0.25, 0.3) is 0 Å². The molecule has 0 bridgehead atoms. The van der Waals surface area contributed by atoms with Crippen molar-refractivity contribution in [3.63, 3.8) is 0 Å². The molecule has 1 aromatic rings. The second kappa shape index (κ2) is 6.39. The molecule has 1 aliphatic rings. The number of likely N-dealkylation sites (tertiary alicyclic amines) is 1. The molecule has 1 aromatic carbocycles. The first kappa shape index (κ1) is 15.7. The normalized spacial score (nSPS) is 20.9. The van der Waals surface area contributed by atoms with Gasteiger partial charge >= 0.3 is 0 Å². The molecule has 0 saturated carbocycles. The third kappa shape index (κ3) is 3.14. The highest BCUT2D eigenvalue weighted by atomic mass is 16.2. The molecule has 1 aliphatic heterocycles. The van der Waals surface area contributed by atoms with E-state index in [-0.39, 0.29) is 36.7 Å². The molecule has 1 saturated heterocycles. The van der Waals surface area contributed by atoms with Crippen molar-refractivity contribution in [2.24, 2.45) is 11.8 Å². The lowest BCUT2D eigenvalue weighted by atomic mass is 10.00. The average Bonchev–Trinajstić information content (AvgIpc) is 2.71. The smallest absolute Gasteiger partial charge is 0.240 e. The Hall–Kier alpha value is -2.68. The minimum absolute atomic E-state index is 0.246. The van der Waals surface area contributed by atoms with Crippen LogP contribution in [-0.2, 0) is 20.9 Å². The van der Waals surface area contributed by atoms with Crippen LogP contribution in [-0.4, -0.2) is 29.2 Å². The van der Waals surface area contributed by atoms with Crippen LogP contribution in [0.2, 0.25) is 0 Å². The van der Waals surface area contributed by atoms with Crippen molar-refractivity contribution >= 4 is 17.7 Å². The summed E-state index contributed by atoms with van der Waals surface area (Å²) in [5.41, 5.74) is 1.30. The Morgan fingerprint density at radius 2 is 1.91 bits per heavy atom. The Bertz CT molecular complexity index is 643. The fourth-order valence-corrected chi connectivity index (χ4v) is 2.33. The molecule has 2 rings (SSSR count). The Balaban J connectivity index is 1.92. The molecule has 0 unspecified atom stereocenters. The highest BCUT2D eigenvalue weighted by molar-refractivity contribution is 6.06. The molecule has 1 heterocycles. The molecular formula is C16H17N3O3. The van der Waals surface area contributed by atoms with E-state index in [1.54, 1.807) is 38.1 Å². The van der Waals surface area contributed by atoms with Gasteiger partial charge in [0.05, 0.1) is 11.6 Å². The lowest BCUT2D eigenvalue weighted by Gasteiger charge is -2.14. The molecule has 3 amide bonds. The zero-order chi connectivity index (χ0) is 16.3. The number of nitrogens with zero attached hydrogens (tertiary/aromatic N) is 2. The number of amides is 3. The number of nitriles is 1. The topological polar surface area (TPSA) is 90.3 Å². The number of rotatable bonds is 4. The van der Waals surface area contributed by atoms with E-state index >= 15 is 0 Å². The number of carbonyl (C=O) groups is 3. The summed E-state index contributed by atoms with van der Waals surface area (Å²) in [5, 5.41) is 11.5. The number of hydrogen-bond donors (Lipinski definition) is 1. The van der Waals surface area contributed by atoms with Crippen LogP contribution in [0.25, 0.3) is 0 Å². The first-order chi connectivity index (χ1) is 10.4. The molecule has 0 aromatic heterocycles. The Labute approximate surface area is 128 Å². The van der Waals surface area contributed by atoms with Crippen molar-refractivity contribution in [2.45, 2.75) is 20.4 Å². The summed E-state index contributed by atoms with van der Waals surface area (Å²) in [7, 11) is 0. The van der Waals surface area contributed by atoms with Crippen molar-refractivity contribution in [1.29, 1.82) is 5.26 Å². The predicted molar refractivity (Wildman–Crippen MR) is 78.1 cm³/mol. The van der Waals surface area contributed by atoms with Gasteiger partial charge < -0.3 is 5.32 Å². The summed E-state index contributed by atoms with van der Waals surface area (Å²) in [6.07, 6.45) is 0. The van der Waals surface area contributed by atoms with Gasteiger partial charge in [0, 0.05) is 18.4 Å². The first-order valence-electron chi connectivity index (χ1n) is 7.05. The van der Waals surface area contributed by atoms with Crippen molar-refractivity contribution in [3.8, 4) is 6.07 Å². The molecule has 1 N–H and O–H groups in total. The van der Waals surface area contributed by atoms with Crippen LogP contribution >= 0.6 is 0 Å². The summed E-state index contributed by atoms with van der Waals surface area (Å²) in [4.78, 5) is 36.7. The van der Waals surface area contributed by atoms with Gasteiger partial charge in [-0.2, -0.15) is 5.26 Å². The van der Waals surface area contributed by atoms with Crippen LogP contribution in [0.4, 0.5) is 0 Å². The van der Waals surface area contributed by atoms with Gasteiger partial charge in [-0.15, -0.1) is 0 Å². The van der Waals surface area contributed by atoms with Crippen LogP contribution in [0, 0.1) is 23.2 Å². The summed E-state index contributed by atoms with van der Waals surface area (Å²) < 4.78 is 0. The van der Waals surface area contributed by atoms with Gasteiger partial charge in [-0.1, -0.05) is 26.0 Å². The van der Waals surface area contributed by atoms with Gasteiger partial charge in [-0.05, 0) is 17.7 Å². The Morgan fingerprint density at radius 3 is 2.50 bits per heavy atom. The molecule has 114 valence electrons. The minimum Gasteiger partial charge on any atom is -0.350 e. The number of carbonyl (C=O) groups excluding carboxylic acids is 3. The maximum absolute atomic E-state index is 11.9. The quantitative estimate of drug-likeness (QED) is 0.833. The Morgan fingerprint density at radius 1 is 1.27 bits per heavy atom. The second-order valence-corrected chi connectivity index (χ2v) is 5.43. The van der Waals surface area contributed by atoms with E-state index in [0.29, 0.717) is 5.56 Å². The van der Waals surface area contributed by atoms with Gasteiger partial charge in [-0.3, -0.25) is 19.3 Å². The molecule has 0 spiro atoms. The van der Waals surface area contributed by atoms with Crippen LogP contribution in [0.15, 0.2) is 24.3 Å². The van der Waals surface area contributed by atoms with Gasteiger partial charge in [0.15, 0.2) is 0 Å². The van der Waals surface area contributed by atoms with Gasteiger partial charge in [0.2, 0.25) is 17.7 Å². The fourth-order valence-electron chi connectivity index (χ4n) is 2.33. The maximum atomic E-state index is 11.9. The van der Waals surface area contributed by atoms with Crippen molar-refractivity contribution in [1.82, 2.24) is 10.2 Å². The summed E-state index contributed by atoms with van der Waals surface area (Å²) in [6, 6.07) is 8.90. The van der Waals surface area contributed by atoms with Crippen LogP contribution < -0.4 is 5.32 Å². The molecule has 6 nitrogen and oxygen atoms in total. The second-order valence-electron chi connectivity index (χ2n) is 5.43. The van der Waals surface area contributed by atoms with E-state index in [4.69, 9.17) is 5.26 Å². The highest BCUT2D eigenvalue weighted by Crippen LogP contribution is 2.24. The standard InChI is InChI=1S/C16H17N3O3/c1-10-11(2)16(22)19(15(10)21)9-14(20)18-8-13-5-3-4-12(6-13)7-17/h3-6,10-11H,8-9H2,1-2H3,(H,18,20)/t10-,11-/m0/s1. The van der Waals surface area contributed by atoms with Crippen LogP contribution in [0.5, 0.6) is 0 Å². The van der Waals surface area contributed by atoms with E-state index in [2.05, 4.69) is 5.32 Å². The summed E-state index contributed by atoms with van der Waals surface area (Å²) >= 11 is 0. The largest absolute Gasteiger partial charge is 0.350 e. The molecule has 2 atom stereocenters. The fraction of sp³-hybridized carbons (Fsp3) is 0.375. The van der Waals surface area contributed by atoms with Crippen molar-refractivity contribution in [2.75, 3.05) is 6.54 Å². The molecular weight excluding hydrogens is 282 g/mol. The van der Waals surface area contributed by atoms with E-state index < -0.39 is 5.91 Å². The lowest BCUT2D eigenvalue weighted by molar-refractivity contribution is -0.143. The molecule has 0 aliphatic carbocycles. The van der Waals surface area contributed by atoms with Crippen molar-refractivity contribution in [3.05, 3.63) is 35.4 Å². The average molecular weight is 299 g/mol. The maximum Gasteiger partial charge on any atom is 0.240 e. The predicted octanol–water partition coefficient (Wildman–Crippen LogP) is 0.815. The van der Waals surface area contributed by atoms with E-state index in [1.165, 1.54) is 0 Å². The van der Waals surface area contributed by atoms with Gasteiger partial charge in [0.1, 0.15) is 6.54 Å². The Kier molecular flexibility index (Phi) is 4.56. The van der Waals surface area contributed by atoms with Gasteiger partial charge in [-0.25, -0.2) is 0 Å². The lowest BCUT2D eigenvalue weighted by Crippen LogP contribution is -2.40. The molecule has 6 heteroatoms. The highest BCUT2D eigenvalue weighted by Gasteiger charge is 2.42. The monoisotopic (exact) mass is 299 g/mol. The number of hydrogen-bond acceptors (Lipinski definition) is 4. The molecule has 22 heavy (non-hydrogen) atoms. The van der Waals surface area contributed by atoms with E-state index in [0.717, 1.165) is 10.5 Å². The summed E-state index contributed by atoms with van der Waals surface area (Å²) in [5.74, 6) is -1.77. The zero-order valence-electron chi connectivity index (χ0n) is 12.5. The minimum atomic E-state index is -0.398. The number of imide groups is 1. The van der Waals surface area contributed by atoms with Crippen LogP contribution in [0.1, 0.15) is 25.0 Å².